The van der Waals surface area contributed by atoms with Crippen molar-refractivity contribution in [3.63, 3.8) is 0 Å². The third-order valence-corrected chi connectivity index (χ3v) is 6.67. The molecule has 0 heterocycles. The third-order valence-electron chi connectivity index (χ3n) is 6.25. The lowest BCUT2D eigenvalue weighted by atomic mass is 9.49. The maximum absolute atomic E-state index is 12.7. The second kappa shape index (κ2) is 6.31. The van der Waals surface area contributed by atoms with Crippen molar-refractivity contribution in [3.8, 4) is 0 Å². The number of esters is 1. The second-order valence-corrected chi connectivity index (χ2v) is 8.69. The summed E-state index contributed by atoms with van der Waals surface area (Å²) in [6.07, 6.45) is 6.70. The van der Waals surface area contributed by atoms with Gasteiger partial charge in [0.2, 0.25) is 0 Å². The molecule has 1 amide bonds. The molecular weight excluding hydrogens is 338 g/mol. The molecule has 5 rings (SSSR count). The van der Waals surface area contributed by atoms with E-state index < -0.39 is 0 Å². The number of halogens is 1. The normalized spacial score (nSPS) is 32.5. The third kappa shape index (κ3) is 3.29. The van der Waals surface area contributed by atoms with E-state index >= 15 is 0 Å². The zero-order valence-electron chi connectivity index (χ0n) is 14.5. The zero-order valence-corrected chi connectivity index (χ0v) is 15.3. The van der Waals surface area contributed by atoms with Crippen molar-refractivity contribution < 1.29 is 14.3 Å². The first-order chi connectivity index (χ1) is 11.9. The van der Waals surface area contributed by atoms with Crippen LogP contribution in [0.2, 0.25) is 5.02 Å². The number of anilines is 1. The molecule has 4 fully saturated rings. The highest BCUT2D eigenvalue weighted by atomic mass is 35.5. The predicted octanol–water partition coefficient (Wildman–Crippen LogP) is 4.35. The van der Waals surface area contributed by atoms with Crippen LogP contribution in [-0.4, -0.2) is 18.5 Å². The molecule has 0 radical (unpaired) electrons. The van der Waals surface area contributed by atoms with E-state index in [0.717, 1.165) is 24.8 Å². The number of amides is 1. The van der Waals surface area contributed by atoms with E-state index in [-0.39, 0.29) is 23.9 Å². The Kier molecular flexibility index (Phi) is 4.27. The number of hydrogen-bond donors (Lipinski definition) is 1. The summed E-state index contributed by atoms with van der Waals surface area (Å²) in [6, 6.07) is 5.29. The fourth-order valence-electron chi connectivity index (χ4n) is 5.56. The first-order valence-electron chi connectivity index (χ1n) is 9.17. The van der Waals surface area contributed by atoms with Gasteiger partial charge in [0.25, 0.3) is 5.91 Å². The fourth-order valence-corrected chi connectivity index (χ4v) is 5.68. The van der Waals surface area contributed by atoms with Gasteiger partial charge in [-0.25, -0.2) is 0 Å². The lowest BCUT2D eigenvalue weighted by Gasteiger charge is -2.55. The van der Waals surface area contributed by atoms with Gasteiger partial charge in [-0.1, -0.05) is 11.6 Å². The van der Waals surface area contributed by atoms with Crippen molar-refractivity contribution in [2.75, 3.05) is 11.9 Å². The molecule has 25 heavy (non-hydrogen) atoms. The molecule has 1 aromatic rings. The molecule has 0 unspecified atom stereocenters. The molecule has 5 heteroatoms. The summed E-state index contributed by atoms with van der Waals surface area (Å²) in [5, 5.41) is 3.42. The Morgan fingerprint density at radius 3 is 2.32 bits per heavy atom. The summed E-state index contributed by atoms with van der Waals surface area (Å²) in [6.45, 7) is 1.66. The highest BCUT2D eigenvalue weighted by molar-refractivity contribution is 6.31. The van der Waals surface area contributed by atoms with Gasteiger partial charge in [-0.2, -0.15) is 0 Å². The van der Waals surface area contributed by atoms with E-state index in [1.165, 1.54) is 19.3 Å². The SMILES string of the molecule is Cc1cc(NC(=O)COC(=O)C23CC4CC(CC(C4)C2)C3)ccc1Cl. The minimum Gasteiger partial charge on any atom is -0.455 e. The van der Waals surface area contributed by atoms with Crippen LogP contribution in [0.5, 0.6) is 0 Å². The second-order valence-electron chi connectivity index (χ2n) is 8.29. The number of carbonyl (C=O) groups excluding carboxylic acids is 2. The van der Waals surface area contributed by atoms with E-state index in [4.69, 9.17) is 16.3 Å². The minimum atomic E-state index is -0.314. The van der Waals surface area contributed by atoms with E-state index in [2.05, 4.69) is 5.32 Å². The zero-order chi connectivity index (χ0) is 17.6. The van der Waals surface area contributed by atoms with Gasteiger partial charge in [-0.3, -0.25) is 9.59 Å². The summed E-state index contributed by atoms with van der Waals surface area (Å²) >= 11 is 5.99. The molecule has 1 N–H and O–H groups in total. The Hall–Kier alpha value is -1.55. The van der Waals surface area contributed by atoms with Crippen molar-refractivity contribution in [1.29, 1.82) is 0 Å². The van der Waals surface area contributed by atoms with Crippen molar-refractivity contribution in [1.82, 2.24) is 0 Å². The van der Waals surface area contributed by atoms with Crippen LogP contribution in [0.15, 0.2) is 18.2 Å². The highest BCUT2D eigenvalue weighted by Crippen LogP contribution is 2.60. The van der Waals surface area contributed by atoms with Crippen molar-refractivity contribution in [2.24, 2.45) is 23.2 Å². The first kappa shape index (κ1) is 16.9. The van der Waals surface area contributed by atoms with E-state index in [0.29, 0.717) is 28.5 Å². The van der Waals surface area contributed by atoms with Crippen LogP contribution in [0.25, 0.3) is 0 Å². The maximum Gasteiger partial charge on any atom is 0.312 e. The number of nitrogens with one attached hydrogen (secondary N) is 1. The number of benzene rings is 1. The summed E-state index contributed by atoms with van der Waals surface area (Å²) < 4.78 is 5.44. The number of hydrogen-bond acceptors (Lipinski definition) is 3. The van der Waals surface area contributed by atoms with Gasteiger partial charge in [0.1, 0.15) is 0 Å². The molecule has 4 aliphatic carbocycles. The molecule has 4 aliphatic rings. The molecule has 0 aliphatic heterocycles. The average molecular weight is 362 g/mol. The van der Waals surface area contributed by atoms with Gasteiger partial charge in [-0.15, -0.1) is 0 Å². The summed E-state index contributed by atoms with van der Waals surface area (Å²) in [5.74, 6) is 1.59. The van der Waals surface area contributed by atoms with Gasteiger partial charge >= 0.3 is 5.97 Å². The largest absolute Gasteiger partial charge is 0.455 e. The Bertz CT molecular complexity index is 680. The molecule has 4 nitrogen and oxygen atoms in total. The van der Waals surface area contributed by atoms with Crippen molar-refractivity contribution in [2.45, 2.75) is 45.4 Å². The van der Waals surface area contributed by atoms with Crippen molar-refractivity contribution in [3.05, 3.63) is 28.8 Å². The average Bonchev–Trinajstić information content (AvgIpc) is 2.55. The lowest BCUT2D eigenvalue weighted by Crippen LogP contribution is -2.50. The predicted molar refractivity (Wildman–Crippen MR) is 96.4 cm³/mol. The minimum absolute atomic E-state index is 0.158. The van der Waals surface area contributed by atoms with Crippen LogP contribution in [0.1, 0.15) is 44.1 Å². The molecule has 134 valence electrons. The molecule has 4 bridgehead atoms. The summed E-state index contributed by atoms with van der Waals surface area (Å²) in [7, 11) is 0. The van der Waals surface area contributed by atoms with Gasteiger partial charge in [0, 0.05) is 10.7 Å². The van der Waals surface area contributed by atoms with E-state index in [9.17, 15) is 9.59 Å². The number of rotatable bonds is 4. The quantitative estimate of drug-likeness (QED) is 0.811. The van der Waals surface area contributed by atoms with Crippen LogP contribution in [0.3, 0.4) is 0 Å². The first-order valence-corrected chi connectivity index (χ1v) is 9.54. The van der Waals surface area contributed by atoms with Gasteiger partial charge in [-0.05, 0) is 87.0 Å². The van der Waals surface area contributed by atoms with Gasteiger partial charge < -0.3 is 10.1 Å². The summed E-state index contributed by atoms with van der Waals surface area (Å²) in [5.41, 5.74) is 1.24. The standard InChI is InChI=1S/C20H24ClNO3/c1-12-4-16(2-3-17(12)21)22-18(23)11-25-19(24)20-8-13-5-14(9-20)7-15(6-13)10-20/h2-4,13-15H,5-11H2,1H3,(H,22,23). The molecule has 4 saturated carbocycles. The van der Waals surface area contributed by atoms with E-state index in [1.807, 2.05) is 6.92 Å². The number of ether oxygens (including phenoxy) is 1. The topological polar surface area (TPSA) is 55.4 Å². The molecule has 1 aromatic carbocycles. The Morgan fingerprint density at radius 2 is 1.76 bits per heavy atom. The molecule has 0 atom stereocenters. The molecule has 0 spiro atoms. The Labute approximate surface area is 153 Å². The van der Waals surface area contributed by atoms with Crippen LogP contribution >= 0.6 is 11.6 Å². The smallest absolute Gasteiger partial charge is 0.312 e. The maximum atomic E-state index is 12.7. The lowest BCUT2D eigenvalue weighted by molar-refractivity contribution is -0.172. The van der Waals surface area contributed by atoms with Crippen LogP contribution in [-0.2, 0) is 14.3 Å². The van der Waals surface area contributed by atoms with Crippen molar-refractivity contribution >= 4 is 29.2 Å². The fraction of sp³-hybridized carbons (Fsp3) is 0.600. The molecular formula is C20H24ClNO3. The molecule has 0 saturated heterocycles. The van der Waals surface area contributed by atoms with Gasteiger partial charge in [0.05, 0.1) is 5.41 Å². The van der Waals surface area contributed by atoms with E-state index in [1.54, 1.807) is 18.2 Å². The summed E-state index contributed by atoms with van der Waals surface area (Å²) in [4.78, 5) is 24.9. The van der Waals surface area contributed by atoms with Crippen LogP contribution < -0.4 is 5.32 Å². The van der Waals surface area contributed by atoms with Crippen LogP contribution in [0, 0.1) is 30.1 Å². The number of carbonyl (C=O) groups is 2. The number of aryl methyl sites for hydroxylation is 1. The molecule has 0 aromatic heterocycles. The van der Waals surface area contributed by atoms with Crippen LogP contribution in [0.4, 0.5) is 5.69 Å². The Morgan fingerprint density at radius 1 is 1.16 bits per heavy atom. The monoisotopic (exact) mass is 361 g/mol. The van der Waals surface area contributed by atoms with Gasteiger partial charge in [0.15, 0.2) is 6.61 Å². The highest BCUT2D eigenvalue weighted by Gasteiger charge is 2.55. The Balaban J connectivity index is 1.34.